The quantitative estimate of drug-likeness (QED) is 0.683. The van der Waals surface area contributed by atoms with E-state index in [1.807, 2.05) is 0 Å². The van der Waals surface area contributed by atoms with Gasteiger partial charge < -0.3 is 5.11 Å². The molecule has 0 fully saturated rings. The van der Waals surface area contributed by atoms with Crippen LogP contribution in [0.2, 0.25) is 0 Å². The van der Waals surface area contributed by atoms with E-state index in [1.54, 1.807) is 6.92 Å². The van der Waals surface area contributed by atoms with Gasteiger partial charge in [-0.2, -0.15) is 4.37 Å². The van der Waals surface area contributed by atoms with Crippen molar-refractivity contribution in [2.24, 2.45) is 0 Å². The number of carbonyl (C=O) groups is 1. The first-order valence-corrected chi connectivity index (χ1v) is 6.67. The van der Waals surface area contributed by atoms with Gasteiger partial charge in [-0.05, 0) is 24.5 Å². The van der Waals surface area contributed by atoms with Gasteiger partial charge in [0.15, 0.2) is 4.34 Å². The molecule has 104 valence electrons. The third kappa shape index (κ3) is 2.91. The monoisotopic (exact) mass is 315 g/mol. The van der Waals surface area contributed by atoms with E-state index in [2.05, 4.69) is 9.36 Å². The highest BCUT2D eigenvalue weighted by atomic mass is 32.2. The number of aromatic nitrogens is 2. The number of aryl methyl sites for hydroxylation is 1. The summed E-state index contributed by atoms with van der Waals surface area (Å²) in [6, 6.07) is 1.52. The molecular formula is C10H6FN3O4S2. The molecule has 1 heterocycles. The topological polar surface area (TPSA) is 106 Å². The lowest BCUT2D eigenvalue weighted by Crippen LogP contribution is -2.04. The molecule has 10 heteroatoms. The molecule has 1 N–H and O–H groups in total. The van der Waals surface area contributed by atoms with Crippen LogP contribution in [-0.4, -0.2) is 25.4 Å². The maximum Gasteiger partial charge on any atom is 0.342 e. The van der Waals surface area contributed by atoms with Crippen LogP contribution in [0.3, 0.4) is 0 Å². The molecule has 1 aromatic carbocycles. The number of carboxylic acid groups (broad SMARTS) is 1. The number of halogens is 1. The summed E-state index contributed by atoms with van der Waals surface area (Å²) >= 11 is 1.90. The molecule has 20 heavy (non-hydrogen) atoms. The Balaban J connectivity index is 2.46. The molecule has 0 atom stereocenters. The Morgan fingerprint density at radius 3 is 2.75 bits per heavy atom. The van der Waals surface area contributed by atoms with E-state index in [9.17, 15) is 19.3 Å². The average Bonchev–Trinajstić information content (AvgIpc) is 2.76. The highest BCUT2D eigenvalue weighted by molar-refractivity contribution is 8.01. The molecule has 0 amide bonds. The van der Waals surface area contributed by atoms with Crippen LogP contribution in [0.4, 0.5) is 10.1 Å². The second-order valence-electron chi connectivity index (χ2n) is 3.57. The molecule has 2 aromatic rings. The minimum absolute atomic E-state index is 0.0517. The van der Waals surface area contributed by atoms with Crippen molar-refractivity contribution in [3.8, 4) is 0 Å². The van der Waals surface area contributed by atoms with E-state index in [0.29, 0.717) is 16.2 Å². The summed E-state index contributed by atoms with van der Waals surface area (Å²) in [6.07, 6.45) is 0. The van der Waals surface area contributed by atoms with Crippen molar-refractivity contribution >= 4 is 35.0 Å². The smallest absolute Gasteiger partial charge is 0.342 e. The molecular weight excluding hydrogens is 309 g/mol. The molecule has 1 aromatic heterocycles. The van der Waals surface area contributed by atoms with Gasteiger partial charge in [-0.25, -0.2) is 14.2 Å². The summed E-state index contributed by atoms with van der Waals surface area (Å²) in [5, 5.41) is 19.6. The Kier molecular flexibility index (Phi) is 3.95. The predicted molar refractivity (Wildman–Crippen MR) is 68.8 cm³/mol. The number of hydrogen-bond acceptors (Lipinski definition) is 7. The minimum Gasteiger partial charge on any atom is -0.477 e. The van der Waals surface area contributed by atoms with Crippen molar-refractivity contribution in [1.29, 1.82) is 0 Å². The Bertz CT molecular complexity index is 704. The fraction of sp³-hybridized carbons (Fsp3) is 0.100. The Hall–Kier alpha value is -2.07. The van der Waals surface area contributed by atoms with E-state index in [-0.39, 0.29) is 4.90 Å². The lowest BCUT2D eigenvalue weighted by Gasteiger charge is -2.03. The third-order valence-corrected chi connectivity index (χ3v) is 4.06. The Labute approximate surface area is 119 Å². The fourth-order valence-electron chi connectivity index (χ4n) is 1.36. The number of hydrogen-bond donors (Lipinski definition) is 1. The van der Waals surface area contributed by atoms with Gasteiger partial charge in [0, 0.05) is 0 Å². The third-order valence-electron chi connectivity index (χ3n) is 2.18. The normalized spacial score (nSPS) is 10.5. The fourth-order valence-corrected chi connectivity index (χ4v) is 3.01. The first kappa shape index (κ1) is 14.3. The van der Waals surface area contributed by atoms with E-state index in [1.165, 1.54) is 0 Å². The molecule has 0 bridgehead atoms. The molecule has 7 nitrogen and oxygen atoms in total. The van der Waals surface area contributed by atoms with E-state index >= 15 is 0 Å². The van der Waals surface area contributed by atoms with Crippen molar-refractivity contribution < 1.29 is 19.2 Å². The van der Waals surface area contributed by atoms with Gasteiger partial charge in [0.2, 0.25) is 0 Å². The van der Waals surface area contributed by atoms with Crippen LogP contribution in [0.15, 0.2) is 21.4 Å². The summed E-state index contributed by atoms with van der Waals surface area (Å²) in [4.78, 5) is 24.7. The van der Waals surface area contributed by atoms with Crippen LogP contribution in [0, 0.1) is 22.9 Å². The number of nitrogens with zero attached hydrogens (tertiary/aromatic N) is 3. The molecule has 0 saturated heterocycles. The van der Waals surface area contributed by atoms with Crippen LogP contribution >= 0.6 is 23.3 Å². The zero-order valence-electron chi connectivity index (χ0n) is 9.86. The Morgan fingerprint density at radius 2 is 2.25 bits per heavy atom. The second kappa shape index (κ2) is 5.51. The molecule has 0 aliphatic heterocycles. The highest BCUT2D eigenvalue weighted by Gasteiger charge is 2.24. The lowest BCUT2D eigenvalue weighted by atomic mass is 10.2. The molecule has 0 aliphatic rings. The van der Waals surface area contributed by atoms with Gasteiger partial charge in [-0.1, -0.05) is 11.8 Å². The summed E-state index contributed by atoms with van der Waals surface area (Å²) in [5.41, 5.74) is -1.35. The molecule has 0 aliphatic carbocycles. The van der Waals surface area contributed by atoms with Crippen LogP contribution in [0.5, 0.6) is 0 Å². The van der Waals surface area contributed by atoms with Crippen molar-refractivity contribution in [2.45, 2.75) is 16.2 Å². The van der Waals surface area contributed by atoms with Crippen molar-refractivity contribution in [2.75, 3.05) is 0 Å². The van der Waals surface area contributed by atoms with Crippen molar-refractivity contribution in [3.05, 3.63) is 39.5 Å². The van der Waals surface area contributed by atoms with Gasteiger partial charge in [0.25, 0.3) is 5.69 Å². The SMILES string of the molecule is Cc1nsc(Sc2cc(C(=O)O)c([N+](=O)[O-])cc2F)n1. The van der Waals surface area contributed by atoms with Crippen LogP contribution < -0.4 is 0 Å². The highest BCUT2D eigenvalue weighted by Crippen LogP contribution is 2.34. The lowest BCUT2D eigenvalue weighted by molar-refractivity contribution is -0.385. The van der Waals surface area contributed by atoms with E-state index < -0.39 is 28.0 Å². The maximum atomic E-state index is 13.8. The number of nitro groups is 1. The van der Waals surface area contributed by atoms with Gasteiger partial charge in [-0.3, -0.25) is 10.1 Å². The first-order valence-electron chi connectivity index (χ1n) is 5.08. The minimum atomic E-state index is -1.49. The van der Waals surface area contributed by atoms with E-state index in [0.717, 1.165) is 29.4 Å². The molecule has 0 spiro atoms. The van der Waals surface area contributed by atoms with Crippen molar-refractivity contribution in [3.63, 3.8) is 0 Å². The average molecular weight is 315 g/mol. The zero-order valence-corrected chi connectivity index (χ0v) is 11.5. The largest absolute Gasteiger partial charge is 0.477 e. The standard InChI is InChI=1S/C10H6FN3O4S2/c1-4-12-10(20-13-4)19-8-2-5(9(15)16)7(14(17)18)3-6(8)11/h2-3H,1H3,(H,15,16). The van der Waals surface area contributed by atoms with Gasteiger partial charge in [0.05, 0.1) is 15.9 Å². The zero-order chi connectivity index (χ0) is 14.9. The molecule has 2 rings (SSSR count). The van der Waals surface area contributed by atoms with Crippen LogP contribution in [0.1, 0.15) is 16.2 Å². The van der Waals surface area contributed by atoms with Gasteiger partial charge >= 0.3 is 5.97 Å². The summed E-state index contributed by atoms with van der Waals surface area (Å²) < 4.78 is 18.1. The summed E-state index contributed by atoms with van der Waals surface area (Å²) in [7, 11) is 0. The van der Waals surface area contributed by atoms with Crippen LogP contribution in [-0.2, 0) is 0 Å². The van der Waals surface area contributed by atoms with E-state index in [4.69, 9.17) is 5.11 Å². The molecule has 0 saturated carbocycles. The Morgan fingerprint density at radius 1 is 1.55 bits per heavy atom. The first-order chi connectivity index (χ1) is 9.38. The van der Waals surface area contributed by atoms with Gasteiger partial charge in [-0.15, -0.1) is 0 Å². The van der Waals surface area contributed by atoms with Crippen molar-refractivity contribution in [1.82, 2.24) is 9.36 Å². The maximum absolute atomic E-state index is 13.8. The predicted octanol–water partition coefficient (Wildman–Crippen LogP) is 2.74. The number of nitro benzene ring substituents is 1. The second-order valence-corrected chi connectivity index (χ2v) is 5.61. The van der Waals surface area contributed by atoms with Crippen LogP contribution in [0.25, 0.3) is 0 Å². The molecule has 0 unspecified atom stereocenters. The summed E-state index contributed by atoms with van der Waals surface area (Å²) in [5.74, 6) is -1.86. The molecule has 0 radical (unpaired) electrons. The number of aromatic carboxylic acids is 1. The van der Waals surface area contributed by atoms with Gasteiger partial charge in [0.1, 0.15) is 17.2 Å². The summed E-state index contributed by atoms with van der Waals surface area (Å²) in [6.45, 7) is 1.66. The number of carboxylic acids is 1. The number of rotatable bonds is 4. The number of benzene rings is 1.